The van der Waals surface area contributed by atoms with Crippen molar-refractivity contribution in [1.82, 2.24) is 4.90 Å². The largest absolute Gasteiger partial charge is 0.361 e. The number of anilines is 1. The third kappa shape index (κ3) is 3.33. The van der Waals surface area contributed by atoms with Gasteiger partial charge in [0.15, 0.2) is 11.6 Å². The summed E-state index contributed by atoms with van der Waals surface area (Å²) in [5.41, 5.74) is 4.89. The van der Waals surface area contributed by atoms with Crippen LogP contribution >= 0.6 is 11.6 Å². The smallest absolute Gasteiger partial charge is 0.311 e. The molecule has 3 N–H and O–H groups in total. The molecule has 1 aromatic rings. The van der Waals surface area contributed by atoms with Crippen LogP contribution in [0.2, 0.25) is 5.02 Å². The molecular formula is C13H12ClF2N3O3. The molecule has 0 spiro atoms. The Labute approximate surface area is 129 Å². The lowest BCUT2D eigenvalue weighted by atomic mass is 10.1. The molecule has 1 saturated heterocycles. The Balaban J connectivity index is 2.02. The number of benzene rings is 1. The minimum Gasteiger partial charge on any atom is -0.361 e. The van der Waals surface area contributed by atoms with E-state index in [1.54, 1.807) is 0 Å². The van der Waals surface area contributed by atoms with E-state index in [1.807, 2.05) is 0 Å². The molecule has 9 heteroatoms. The van der Waals surface area contributed by atoms with Gasteiger partial charge in [-0.3, -0.25) is 14.4 Å². The molecule has 6 nitrogen and oxygen atoms in total. The van der Waals surface area contributed by atoms with Gasteiger partial charge in [-0.2, -0.15) is 0 Å². The van der Waals surface area contributed by atoms with Crippen LogP contribution in [0.3, 0.4) is 0 Å². The van der Waals surface area contributed by atoms with Crippen molar-refractivity contribution >= 4 is 35.0 Å². The van der Waals surface area contributed by atoms with Gasteiger partial charge in [-0.05, 0) is 12.5 Å². The monoisotopic (exact) mass is 331 g/mol. The molecule has 1 heterocycles. The molecule has 0 saturated carbocycles. The molecule has 2 rings (SSSR count). The third-order valence-electron chi connectivity index (χ3n) is 3.31. The van der Waals surface area contributed by atoms with Crippen molar-refractivity contribution < 1.29 is 23.2 Å². The maximum atomic E-state index is 13.2. The number of hydrogen-bond acceptors (Lipinski definition) is 3. The lowest BCUT2D eigenvalue weighted by Gasteiger charge is -2.14. The zero-order valence-corrected chi connectivity index (χ0v) is 12.0. The van der Waals surface area contributed by atoms with E-state index in [9.17, 15) is 23.2 Å². The third-order valence-corrected chi connectivity index (χ3v) is 3.58. The first-order valence-electron chi connectivity index (χ1n) is 6.33. The van der Waals surface area contributed by atoms with E-state index in [4.69, 9.17) is 17.3 Å². The summed E-state index contributed by atoms with van der Waals surface area (Å²) in [5, 5.41) is 1.95. The van der Waals surface area contributed by atoms with Crippen molar-refractivity contribution in [1.29, 1.82) is 0 Å². The number of rotatable bonds is 2. The molecular weight excluding hydrogens is 320 g/mol. The number of primary amides is 1. The van der Waals surface area contributed by atoms with Crippen LogP contribution in [0, 0.1) is 17.6 Å². The fourth-order valence-electron chi connectivity index (χ4n) is 2.19. The second-order valence-corrected chi connectivity index (χ2v) is 5.25. The first kappa shape index (κ1) is 16.2. The molecule has 0 bridgehead atoms. The Hall–Kier alpha value is -2.22. The first-order valence-corrected chi connectivity index (χ1v) is 6.71. The van der Waals surface area contributed by atoms with E-state index in [0.717, 1.165) is 12.1 Å². The molecule has 22 heavy (non-hydrogen) atoms. The number of nitrogens with two attached hydrogens (primary N) is 1. The highest BCUT2D eigenvalue weighted by atomic mass is 35.5. The Morgan fingerprint density at radius 2 is 2.00 bits per heavy atom. The molecule has 0 unspecified atom stereocenters. The van der Waals surface area contributed by atoms with Gasteiger partial charge in [-0.25, -0.2) is 8.78 Å². The molecule has 1 atom stereocenters. The Bertz CT molecular complexity index is 630. The summed E-state index contributed by atoms with van der Waals surface area (Å²) < 4.78 is 26.3. The van der Waals surface area contributed by atoms with Crippen molar-refractivity contribution in [2.45, 2.75) is 6.42 Å². The lowest BCUT2D eigenvalue weighted by Crippen LogP contribution is -2.39. The SMILES string of the molecule is NC(=O)C(=O)N1CC[C@H](C(=O)Nc2cc(F)c(F)c(Cl)c2)C1. The van der Waals surface area contributed by atoms with E-state index in [2.05, 4.69) is 5.32 Å². The zero-order valence-electron chi connectivity index (χ0n) is 11.2. The molecule has 0 radical (unpaired) electrons. The van der Waals surface area contributed by atoms with Crippen molar-refractivity contribution in [2.75, 3.05) is 18.4 Å². The van der Waals surface area contributed by atoms with Crippen molar-refractivity contribution in [2.24, 2.45) is 11.7 Å². The van der Waals surface area contributed by atoms with Crippen LogP contribution in [0.5, 0.6) is 0 Å². The van der Waals surface area contributed by atoms with Crippen molar-refractivity contribution in [3.8, 4) is 0 Å². The maximum Gasteiger partial charge on any atom is 0.311 e. The average molecular weight is 332 g/mol. The summed E-state index contributed by atoms with van der Waals surface area (Å²) >= 11 is 5.49. The fraction of sp³-hybridized carbons (Fsp3) is 0.308. The van der Waals surface area contributed by atoms with Crippen LogP contribution in [-0.2, 0) is 14.4 Å². The highest BCUT2D eigenvalue weighted by Gasteiger charge is 2.33. The van der Waals surface area contributed by atoms with E-state index < -0.39 is 40.3 Å². The quantitative estimate of drug-likeness (QED) is 0.622. The Morgan fingerprint density at radius 3 is 2.59 bits per heavy atom. The van der Waals surface area contributed by atoms with E-state index >= 15 is 0 Å². The lowest BCUT2D eigenvalue weighted by molar-refractivity contribution is -0.143. The van der Waals surface area contributed by atoms with Gasteiger partial charge in [0, 0.05) is 24.8 Å². The van der Waals surface area contributed by atoms with Gasteiger partial charge in [-0.1, -0.05) is 11.6 Å². The summed E-state index contributed by atoms with van der Waals surface area (Å²) in [5.74, 6) is -5.38. The van der Waals surface area contributed by atoms with Crippen molar-refractivity contribution in [3.63, 3.8) is 0 Å². The van der Waals surface area contributed by atoms with E-state index in [0.29, 0.717) is 6.42 Å². The predicted octanol–water partition coefficient (Wildman–Crippen LogP) is 0.890. The molecule has 0 aromatic heterocycles. The number of halogens is 3. The van der Waals surface area contributed by atoms with Gasteiger partial charge >= 0.3 is 11.8 Å². The van der Waals surface area contributed by atoms with E-state index in [1.165, 1.54) is 4.90 Å². The molecule has 1 aliphatic rings. The van der Waals surface area contributed by atoms with Crippen LogP contribution in [0.1, 0.15) is 6.42 Å². The van der Waals surface area contributed by atoms with Gasteiger partial charge in [0.2, 0.25) is 5.91 Å². The van der Waals surface area contributed by atoms with E-state index in [-0.39, 0.29) is 18.8 Å². The summed E-state index contributed by atoms with van der Waals surface area (Å²) in [7, 11) is 0. The normalized spacial score (nSPS) is 17.4. The maximum absolute atomic E-state index is 13.2. The van der Waals surface area contributed by atoms with Crippen LogP contribution in [0.25, 0.3) is 0 Å². The Morgan fingerprint density at radius 1 is 1.32 bits per heavy atom. The second kappa shape index (κ2) is 6.27. The summed E-state index contributed by atoms with van der Waals surface area (Å²) in [6, 6.07) is 1.89. The molecule has 3 amide bonds. The second-order valence-electron chi connectivity index (χ2n) is 4.84. The van der Waals surface area contributed by atoms with Gasteiger partial charge in [0.1, 0.15) is 0 Å². The Kier molecular flexibility index (Phi) is 4.60. The highest BCUT2D eigenvalue weighted by molar-refractivity contribution is 6.34. The summed E-state index contributed by atoms with van der Waals surface area (Å²) in [4.78, 5) is 35.4. The summed E-state index contributed by atoms with van der Waals surface area (Å²) in [6.45, 7) is 0.253. The number of nitrogens with one attached hydrogen (secondary N) is 1. The first-order chi connectivity index (χ1) is 10.3. The van der Waals surface area contributed by atoms with Gasteiger partial charge < -0.3 is 16.0 Å². The zero-order chi connectivity index (χ0) is 16.4. The number of carbonyl (C=O) groups excluding carboxylic acids is 3. The molecule has 1 fully saturated rings. The van der Waals surface area contributed by atoms with Crippen LogP contribution in [0.15, 0.2) is 12.1 Å². The van der Waals surface area contributed by atoms with Gasteiger partial charge in [-0.15, -0.1) is 0 Å². The minimum atomic E-state index is -1.20. The van der Waals surface area contributed by atoms with Crippen LogP contribution in [0.4, 0.5) is 14.5 Å². The minimum absolute atomic E-state index is 0.00794. The molecule has 118 valence electrons. The summed E-state index contributed by atoms with van der Waals surface area (Å²) in [6.07, 6.45) is 0.336. The van der Waals surface area contributed by atoms with Crippen LogP contribution in [-0.4, -0.2) is 35.7 Å². The average Bonchev–Trinajstić information content (AvgIpc) is 2.93. The molecule has 1 aliphatic heterocycles. The highest BCUT2D eigenvalue weighted by Crippen LogP contribution is 2.24. The molecule has 0 aliphatic carbocycles. The fourth-order valence-corrected chi connectivity index (χ4v) is 2.39. The number of carbonyl (C=O) groups is 3. The number of likely N-dealkylation sites (tertiary alicyclic amines) is 1. The topological polar surface area (TPSA) is 92.5 Å². The standard InChI is InChI=1S/C13H12ClF2N3O3/c14-8-3-7(4-9(15)10(8)16)18-12(21)6-1-2-19(5-6)13(22)11(17)20/h3-4,6H,1-2,5H2,(H2,17,20)(H,18,21)/t6-/m0/s1. The van der Waals surface area contributed by atoms with Crippen molar-refractivity contribution in [3.05, 3.63) is 28.8 Å². The van der Waals surface area contributed by atoms with Gasteiger partial charge in [0.05, 0.1) is 10.9 Å². The van der Waals surface area contributed by atoms with Crippen LogP contribution < -0.4 is 11.1 Å². The van der Waals surface area contributed by atoms with Gasteiger partial charge in [0.25, 0.3) is 0 Å². The number of amides is 3. The number of nitrogens with zero attached hydrogens (tertiary/aromatic N) is 1. The predicted molar refractivity (Wildman–Crippen MR) is 73.9 cm³/mol. The molecule has 1 aromatic carbocycles. The number of hydrogen-bond donors (Lipinski definition) is 2.